The fourth-order valence-corrected chi connectivity index (χ4v) is 2.76. The summed E-state index contributed by atoms with van der Waals surface area (Å²) in [4.78, 5) is 6.63. The van der Waals surface area contributed by atoms with Crippen molar-refractivity contribution < 1.29 is 4.74 Å². The Balaban J connectivity index is 1.96. The summed E-state index contributed by atoms with van der Waals surface area (Å²) < 4.78 is 5.23. The number of hydrogen-bond acceptors (Lipinski definition) is 4. The molecule has 1 atom stereocenters. The van der Waals surface area contributed by atoms with Gasteiger partial charge in [-0.3, -0.25) is 9.89 Å². The Kier molecular flexibility index (Phi) is 3.84. The van der Waals surface area contributed by atoms with E-state index in [4.69, 9.17) is 10.5 Å². The van der Waals surface area contributed by atoms with Gasteiger partial charge in [0.25, 0.3) is 0 Å². The Hall–Kier alpha value is -0.870. The molecular formula is C13H23N3O. The molecule has 0 radical (unpaired) electrons. The van der Waals surface area contributed by atoms with Crippen molar-refractivity contribution in [2.45, 2.75) is 31.7 Å². The number of ether oxygens (including phenoxy) is 1. The second-order valence-electron chi connectivity index (χ2n) is 5.28. The number of likely N-dealkylation sites (tertiary alicyclic amines) is 1. The third kappa shape index (κ3) is 2.53. The number of rotatable bonds is 3. The van der Waals surface area contributed by atoms with Gasteiger partial charge in [0.05, 0.1) is 5.54 Å². The van der Waals surface area contributed by atoms with Crippen molar-refractivity contribution in [3.8, 4) is 0 Å². The number of methoxy groups -OCH3 is 1. The maximum absolute atomic E-state index is 6.12. The maximum Gasteiger partial charge on any atom is 0.0643 e. The third-order valence-corrected chi connectivity index (χ3v) is 4.14. The summed E-state index contributed by atoms with van der Waals surface area (Å²) >= 11 is 0. The van der Waals surface area contributed by atoms with Gasteiger partial charge in [-0.05, 0) is 38.8 Å². The van der Waals surface area contributed by atoms with Crippen LogP contribution in [0.5, 0.6) is 0 Å². The highest BCUT2D eigenvalue weighted by Gasteiger charge is 2.37. The Bertz CT molecular complexity index is 319. The van der Waals surface area contributed by atoms with E-state index in [0.29, 0.717) is 5.92 Å². The van der Waals surface area contributed by atoms with Crippen LogP contribution in [0.1, 0.15) is 26.2 Å². The second kappa shape index (κ2) is 5.19. The lowest BCUT2D eigenvalue weighted by molar-refractivity contribution is 0.0569. The summed E-state index contributed by atoms with van der Waals surface area (Å²) in [5.41, 5.74) is 6.98. The normalized spacial score (nSPS) is 31.5. The number of hydrogen-bond donors (Lipinski definition) is 1. The largest absolute Gasteiger partial charge is 0.399 e. The summed E-state index contributed by atoms with van der Waals surface area (Å²) in [6, 6.07) is 0. The van der Waals surface area contributed by atoms with Crippen molar-refractivity contribution >= 4 is 6.21 Å². The molecule has 0 saturated carbocycles. The summed E-state index contributed by atoms with van der Waals surface area (Å²) in [7, 11) is 1.78. The van der Waals surface area contributed by atoms with Crippen LogP contribution in [0.25, 0.3) is 0 Å². The van der Waals surface area contributed by atoms with Gasteiger partial charge in [-0.25, -0.2) is 0 Å². The molecule has 0 amide bonds. The Morgan fingerprint density at radius 2 is 2.24 bits per heavy atom. The number of piperidine rings is 1. The SMILES string of the molecule is COCC1CCN(C2(C)CC=NC=C2N)CC1. The zero-order valence-electron chi connectivity index (χ0n) is 10.9. The summed E-state index contributed by atoms with van der Waals surface area (Å²) in [6.07, 6.45) is 7.09. The Morgan fingerprint density at radius 3 is 2.82 bits per heavy atom. The van der Waals surface area contributed by atoms with E-state index in [9.17, 15) is 0 Å². The molecule has 0 aromatic heterocycles. The third-order valence-electron chi connectivity index (χ3n) is 4.14. The van der Waals surface area contributed by atoms with Crippen molar-refractivity contribution in [2.75, 3.05) is 26.8 Å². The second-order valence-corrected chi connectivity index (χ2v) is 5.28. The highest BCUT2D eigenvalue weighted by atomic mass is 16.5. The van der Waals surface area contributed by atoms with E-state index >= 15 is 0 Å². The average molecular weight is 237 g/mol. The van der Waals surface area contributed by atoms with Gasteiger partial charge in [0.1, 0.15) is 0 Å². The highest BCUT2D eigenvalue weighted by Crippen LogP contribution is 2.31. The van der Waals surface area contributed by atoms with Crippen molar-refractivity contribution in [3.05, 3.63) is 11.9 Å². The lowest BCUT2D eigenvalue weighted by Gasteiger charge is -2.45. The smallest absolute Gasteiger partial charge is 0.0643 e. The molecule has 1 fully saturated rings. The zero-order chi connectivity index (χ0) is 12.3. The molecule has 0 aliphatic carbocycles. The summed E-state index contributed by atoms with van der Waals surface area (Å²) in [5, 5.41) is 0. The first-order valence-corrected chi connectivity index (χ1v) is 6.38. The van der Waals surface area contributed by atoms with E-state index in [1.807, 2.05) is 6.21 Å². The van der Waals surface area contributed by atoms with Gasteiger partial charge < -0.3 is 10.5 Å². The minimum atomic E-state index is -0.0280. The molecule has 0 aromatic carbocycles. The maximum atomic E-state index is 6.12. The molecular weight excluding hydrogens is 214 g/mol. The van der Waals surface area contributed by atoms with Crippen molar-refractivity contribution in [1.29, 1.82) is 0 Å². The first-order chi connectivity index (χ1) is 8.16. The van der Waals surface area contributed by atoms with Crippen LogP contribution < -0.4 is 5.73 Å². The lowest BCUT2D eigenvalue weighted by Crippen LogP contribution is -2.54. The van der Waals surface area contributed by atoms with Crippen molar-refractivity contribution in [1.82, 2.24) is 4.90 Å². The molecule has 17 heavy (non-hydrogen) atoms. The molecule has 0 aromatic rings. The van der Waals surface area contributed by atoms with Crippen LogP contribution in [-0.4, -0.2) is 43.5 Å². The Labute approximate surface area is 104 Å². The molecule has 2 rings (SSSR count). The molecule has 0 spiro atoms. The molecule has 2 N–H and O–H groups in total. The number of aliphatic imine (C=N–C) groups is 1. The molecule has 2 aliphatic heterocycles. The first kappa shape index (κ1) is 12.6. The fourth-order valence-electron chi connectivity index (χ4n) is 2.76. The van der Waals surface area contributed by atoms with Crippen molar-refractivity contribution in [3.63, 3.8) is 0 Å². The van der Waals surface area contributed by atoms with E-state index in [-0.39, 0.29) is 5.54 Å². The standard InChI is InChI=1S/C13H23N3O/c1-13(5-6-15-9-12(13)14)16-7-3-11(4-8-16)10-17-2/h6,9,11H,3-5,7-8,10,14H2,1-2H3. The highest BCUT2D eigenvalue weighted by molar-refractivity contribution is 5.63. The van der Waals surface area contributed by atoms with Crippen LogP contribution in [0.3, 0.4) is 0 Å². The fraction of sp³-hybridized carbons (Fsp3) is 0.769. The molecule has 2 aliphatic rings. The average Bonchev–Trinajstić information content (AvgIpc) is 2.34. The quantitative estimate of drug-likeness (QED) is 0.806. The zero-order valence-corrected chi connectivity index (χ0v) is 10.9. The molecule has 96 valence electrons. The van der Waals surface area contributed by atoms with Gasteiger partial charge in [-0.2, -0.15) is 0 Å². The summed E-state index contributed by atoms with van der Waals surface area (Å²) in [5.74, 6) is 0.710. The van der Waals surface area contributed by atoms with Gasteiger partial charge >= 0.3 is 0 Å². The van der Waals surface area contributed by atoms with E-state index in [2.05, 4.69) is 16.8 Å². The van der Waals surface area contributed by atoms with Gasteiger partial charge in [-0.1, -0.05) is 0 Å². The molecule has 1 unspecified atom stereocenters. The minimum absolute atomic E-state index is 0.0280. The van der Waals surface area contributed by atoms with Gasteiger partial charge in [0.15, 0.2) is 0 Å². The predicted octanol–water partition coefficient (Wildman–Crippen LogP) is 1.38. The van der Waals surface area contributed by atoms with Crippen LogP contribution >= 0.6 is 0 Å². The first-order valence-electron chi connectivity index (χ1n) is 6.38. The summed E-state index contributed by atoms with van der Waals surface area (Å²) in [6.45, 7) is 5.32. The van der Waals surface area contributed by atoms with Crippen LogP contribution in [0, 0.1) is 5.92 Å². The molecule has 0 bridgehead atoms. The van der Waals surface area contributed by atoms with Gasteiger partial charge in [-0.15, -0.1) is 0 Å². The number of nitrogens with two attached hydrogens (primary N) is 1. The monoisotopic (exact) mass is 237 g/mol. The lowest BCUT2D eigenvalue weighted by atomic mass is 9.87. The van der Waals surface area contributed by atoms with Crippen molar-refractivity contribution in [2.24, 2.45) is 16.6 Å². The Morgan fingerprint density at radius 1 is 1.53 bits per heavy atom. The molecule has 1 saturated heterocycles. The predicted molar refractivity (Wildman–Crippen MR) is 70.0 cm³/mol. The van der Waals surface area contributed by atoms with E-state index in [1.54, 1.807) is 13.3 Å². The topological polar surface area (TPSA) is 50.8 Å². The molecule has 2 heterocycles. The van der Waals surface area contributed by atoms with E-state index < -0.39 is 0 Å². The minimum Gasteiger partial charge on any atom is -0.399 e. The molecule has 4 nitrogen and oxygen atoms in total. The van der Waals surface area contributed by atoms with E-state index in [0.717, 1.165) is 31.8 Å². The van der Waals surface area contributed by atoms with Crippen LogP contribution in [0.2, 0.25) is 0 Å². The van der Waals surface area contributed by atoms with Crippen LogP contribution in [0.4, 0.5) is 0 Å². The van der Waals surface area contributed by atoms with Crippen LogP contribution in [-0.2, 0) is 4.74 Å². The molecule has 4 heteroatoms. The number of nitrogens with zero attached hydrogens (tertiary/aromatic N) is 2. The van der Waals surface area contributed by atoms with Crippen LogP contribution in [0.15, 0.2) is 16.9 Å². The van der Waals surface area contributed by atoms with Gasteiger partial charge in [0.2, 0.25) is 0 Å². The van der Waals surface area contributed by atoms with E-state index in [1.165, 1.54) is 12.8 Å². The van der Waals surface area contributed by atoms with Gasteiger partial charge in [0, 0.05) is 38.2 Å².